The molecule has 0 N–H and O–H groups in total. The predicted molar refractivity (Wildman–Crippen MR) is 30.6 cm³/mol. The second kappa shape index (κ2) is 2.21. The van der Waals surface area contributed by atoms with E-state index in [0.29, 0.717) is 6.41 Å². The summed E-state index contributed by atoms with van der Waals surface area (Å²) in [5.41, 5.74) is -0.340. The molecule has 1 aromatic heterocycles. The SMILES string of the molecule is O=Cn1ccc(=O)nc1. The van der Waals surface area contributed by atoms with Gasteiger partial charge in [0.05, 0.1) is 0 Å². The number of aromatic nitrogens is 2. The molecule has 1 heterocycles. The van der Waals surface area contributed by atoms with Crippen molar-refractivity contribution >= 4 is 6.41 Å². The van der Waals surface area contributed by atoms with E-state index in [0.717, 1.165) is 10.9 Å². The Morgan fingerprint density at radius 1 is 1.67 bits per heavy atom. The normalized spacial score (nSPS) is 8.89. The van der Waals surface area contributed by atoms with Gasteiger partial charge in [-0.3, -0.25) is 14.2 Å². The van der Waals surface area contributed by atoms with Gasteiger partial charge in [-0.15, -0.1) is 0 Å². The van der Waals surface area contributed by atoms with Crippen LogP contribution >= 0.6 is 0 Å². The van der Waals surface area contributed by atoms with E-state index in [2.05, 4.69) is 4.98 Å². The molecule has 9 heavy (non-hydrogen) atoms. The molecule has 46 valence electrons. The second-order valence-electron chi connectivity index (χ2n) is 1.45. The molecular weight excluding hydrogens is 120 g/mol. The smallest absolute Gasteiger partial charge is 0.272 e. The number of nitrogens with zero attached hydrogens (tertiary/aromatic N) is 2. The molecule has 4 nitrogen and oxygen atoms in total. The molecule has 0 saturated heterocycles. The lowest BCUT2D eigenvalue weighted by atomic mass is 10.6. The summed E-state index contributed by atoms with van der Waals surface area (Å²) >= 11 is 0. The van der Waals surface area contributed by atoms with Crippen molar-refractivity contribution < 1.29 is 4.79 Å². The molecule has 0 aliphatic rings. The summed E-state index contributed by atoms with van der Waals surface area (Å²) in [6.45, 7) is 0. The van der Waals surface area contributed by atoms with E-state index in [1.807, 2.05) is 0 Å². The highest BCUT2D eigenvalue weighted by atomic mass is 16.1. The van der Waals surface area contributed by atoms with Gasteiger partial charge in [0.1, 0.15) is 6.33 Å². The second-order valence-corrected chi connectivity index (χ2v) is 1.45. The minimum atomic E-state index is -0.340. The van der Waals surface area contributed by atoms with Gasteiger partial charge in [0, 0.05) is 12.3 Å². The fraction of sp³-hybridized carbons (Fsp3) is 0. The molecule has 0 spiro atoms. The maximum absolute atomic E-state index is 10.3. The van der Waals surface area contributed by atoms with Gasteiger partial charge in [-0.1, -0.05) is 0 Å². The predicted octanol–water partition coefficient (Wildman–Crippen LogP) is -0.718. The van der Waals surface area contributed by atoms with Crippen LogP contribution in [0.15, 0.2) is 23.4 Å². The number of hydrogen-bond donors (Lipinski definition) is 0. The molecule has 0 aromatic carbocycles. The summed E-state index contributed by atoms with van der Waals surface area (Å²) in [4.78, 5) is 23.6. The third kappa shape index (κ3) is 1.22. The third-order valence-corrected chi connectivity index (χ3v) is 0.829. The topological polar surface area (TPSA) is 52.0 Å². The van der Waals surface area contributed by atoms with Gasteiger partial charge in [0.15, 0.2) is 0 Å². The first kappa shape index (κ1) is 5.68. The van der Waals surface area contributed by atoms with Crippen LogP contribution in [0.1, 0.15) is 0 Å². The maximum Gasteiger partial charge on any atom is 0.272 e. The molecule has 0 bridgehead atoms. The third-order valence-electron chi connectivity index (χ3n) is 0.829. The van der Waals surface area contributed by atoms with Gasteiger partial charge in [0.25, 0.3) is 5.56 Å². The van der Waals surface area contributed by atoms with Crippen molar-refractivity contribution in [3.63, 3.8) is 0 Å². The molecule has 0 amide bonds. The Hall–Kier alpha value is -1.45. The summed E-state index contributed by atoms with van der Waals surface area (Å²) in [7, 11) is 0. The zero-order valence-electron chi connectivity index (χ0n) is 4.52. The van der Waals surface area contributed by atoms with Crippen LogP contribution in [0, 0.1) is 0 Å². The minimum Gasteiger partial charge on any atom is -0.280 e. The number of carbonyl (C=O) groups is 1. The van der Waals surface area contributed by atoms with Gasteiger partial charge >= 0.3 is 0 Å². The van der Waals surface area contributed by atoms with Gasteiger partial charge in [-0.2, -0.15) is 4.98 Å². The van der Waals surface area contributed by atoms with Gasteiger partial charge in [-0.25, -0.2) is 0 Å². The number of carbonyl (C=O) groups excluding carboxylic acids is 1. The lowest BCUT2D eigenvalue weighted by Crippen LogP contribution is -2.07. The van der Waals surface area contributed by atoms with Crippen LogP contribution in [0.5, 0.6) is 0 Å². The van der Waals surface area contributed by atoms with Crippen molar-refractivity contribution in [3.05, 3.63) is 28.9 Å². The standard InChI is InChI=1S/C5H4N2O2/c8-4-7-2-1-5(9)6-3-7/h1-4H. The zero-order chi connectivity index (χ0) is 6.69. The molecular formula is C5H4N2O2. The first-order chi connectivity index (χ1) is 4.33. The first-order valence-electron chi connectivity index (χ1n) is 2.32. The first-order valence-corrected chi connectivity index (χ1v) is 2.32. The maximum atomic E-state index is 10.3. The number of hydrogen-bond acceptors (Lipinski definition) is 3. The molecule has 0 saturated carbocycles. The van der Waals surface area contributed by atoms with Crippen LogP contribution in [0.4, 0.5) is 0 Å². The van der Waals surface area contributed by atoms with Crippen LogP contribution in [0.3, 0.4) is 0 Å². The molecule has 0 fully saturated rings. The lowest BCUT2D eigenvalue weighted by Gasteiger charge is -1.87. The van der Waals surface area contributed by atoms with Crippen LogP contribution in [-0.2, 0) is 4.79 Å². The minimum absolute atomic E-state index is 0.340. The molecule has 0 radical (unpaired) electrons. The van der Waals surface area contributed by atoms with Crippen LogP contribution < -0.4 is 5.56 Å². The molecule has 1 aromatic rings. The Labute approximate surface area is 50.8 Å². The van der Waals surface area contributed by atoms with Crippen LogP contribution in [0.2, 0.25) is 0 Å². The molecule has 0 unspecified atom stereocenters. The lowest BCUT2D eigenvalue weighted by molar-refractivity contribution is 0.546. The van der Waals surface area contributed by atoms with E-state index >= 15 is 0 Å². The summed E-state index contributed by atoms with van der Waals surface area (Å²) in [5.74, 6) is 0. The van der Waals surface area contributed by atoms with E-state index in [9.17, 15) is 9.59 Å². The van der Waals surface area contributed by atoms with Gasteiger partial charge in [-0.05, 0) is 0 Å². The quantitative estimate of drug-likeness (QED) is 0.464. The largest absolute Gasteiger partial charge is 0.280 e. The molecule has 4 heteroatoms. The van der Waals surface area contributed by atoms with Crippen molar-refractivity contribution in [2.45, 2.75) is 0 Å². The zero-order valence-corrected chi connectivity index (χ0v) is 4.52. The summed E-state index contributed by atoms with van der Waals surface area (Å²) in [5, 5.41) is 0. The monoisotopic (exact) mass is 124 g/mol. The van der Waals surface area contributed by atoms with E-state index in [1.54, 1.807) is 0 Å². The van der Waals surface area contributed by atoms with E-state index in [-0.39, 0.29) is 5.56 Å². The highest BCUT2D eigenvalue weighted by molar-refractivity contribution is 5.50. The van der Waals surface area contributed by atoms with Crippen molar-refractivity contribution in [1.29, 1.82) is 0 Å². The van der Waals surface area contributed by atoms with Crippen molar-refractivity contribution in [2.75, 3.05) is 0 Å². The summed E-state index contributed by atoms with van der Waals surface area (Å²) in [6, 6.07) is 1.22. The average molecular weight is 124 g/mol. The molecule has 0 aliphatic carbocycles. The summed E-state index contributed by atoms with van der Waals surface area (Å²) < 4.78 is 1.15. The van der Waals surface area contributed by atoms with Crippen molar-refractivity contribution in [2.24, 2.45) is 0 Å². The van der Waals surface area contributed by atoms with Crippen LogP contribution in [0.25, 0.3) is 0 Å². The van der Waals surface area contributed by atoms with E-state index in [1.165, 1.54) is 12.3 Å². The highest BCUT2D eigenvalue weighted by Crippen LogP contribution is 1.70. The Morgan fingerprint density at radius 2 is 2.44 bits per heavy atom. The fourth-order valence-corrected chi connectivity index (χ4v) is 0.417. The molecule has 0 aliphatic heterocycles. The Morgan fingerprint density at radius 3 is 2.89 bits per heavy atom. The van der Waals surface area contributed by atoms with E-state index in [4.69, 9.17) is 0 Å². The fourth-order valence-electron chi connectivity index (χ4n) is 0.417. The van der Waals surface area contributed by atoms with Crippen LogP contribution in [-0.4, -0.2) is 16.0 Å². The average Bonchev–Trinajstić information content (AvgIpc) is 1.90. The highest BCUT2D eigenvalue weighted by Gasteiger charge is 1.82. The Kier molecular flexibility index (Phi) is 1.40. The van der Waals surface area contributed by atoms with Gasteiger partial charge in [0.2, 0.25) is 6.41 Å². The van der Waals surface area contributed by atoms with Crippen molar-refractivity contribution in [3.8, 4) is 0 Å². The van der Waals surface area contributed by atoms with Gasteiger partial charge < -0.3 is 0 Å². The Bertz CT molecular complexity index is 245. The van der Waals surface area contributed by atoms with Crippen molar-refractivity contribution in [1.82, 2.24) is 9.55 Å². The summed E-state index contributed by atoms with van der Waals surface area (Å²) in [6.07, 6.45) is 3.07. The van der Waals surface area contributed by atoms with E-state index < -0.39 is 0 Å². The number of rotatable bonds is 1. The molecule has 1 rings (SSSR count). The molecule has 0 atom stereocenters. The Balaban J connectivity index is 3.16.